The van der Waals surface area contributed by atoms with Crippen molar-refractivity contribution in [3.63, 3.8) is 0 Å². The highest BCUT2D eigenvalue weighted by atomic mass is 127. The molecular weight excluding hydrogens is 502 g/mol. The third kappa shape index (κ3) is 3.85. The smallest absolute Gasteiger partial charge is 0.340 e. The van der Waals surface area contributed by atoms with E-state index in [2.05, 4.69) is 32.9 Å². The van der Waals surface area contributed by atoms with E-state index in [1.54, 1.807) is 7.05 Å². The molecule has 0 spiro atoms. The third-order valence-corrected chi connectivity index (χ3v) is 5.82. The number of aromatic nitrogens is 2. The second-order valence-corrected chi connectivity index (χ2v) is 8.71. The number of aryl methyl sites for hydroxylation is 2. The third-order valence-electron chi connectivity index (χ3n) is 5.15. The Hall–Kier alpha value is -2.69. The topological polar surface area (TPSA) is 99.2 Å². The molecule has 0 atom stereocenters. The molecule has 2 aromatic carbocycles. The molecule has 0 saturated heterocycles. The van der Waals surface area contributed by atoms with Crippen LogP contribution in [0.1, 0.15) is 39.4 Å². The molecule has 0 unspecified atom stereocenters. The minimum absolute atomic E-state index is 0.0395. The van der Waals surface area contributed by atoms with E-state index >= 15 is 4.39 Å². The Labute approximate surface area is 185 Å². The van der Waals surface area contributed by atoms with E-state index < -0.39 is 17.7 Å². The van der Waals surface area contributed by atoms with E-state index in [0.29, 0.717) is 18.2 Å². The van der Waals surface area contributed by atoms with Crippen molar-refractivity contribution >= 4 is 56.9 Å². The van der Waals surface area contributed by atoms with Crippen LogP contribution in [-0.4, -0.2) is 28.0 Å². The number of halogens is 2. The van der Waals surface area contributed by atoms with Crippen molar-refractivity contribution in [1.82, 2.24) is 9.55 Å². The molecular formula is C21H20FIN4O3. The Balaban J connectivity index is 1.85. The van der Waals surface area contributed by atoms with Gasteiger partial charge in [0.1, 0.15) is 5.52 Å². The van der Waals surface area contributed by atoms with Gasteiger partial charge in [0.05, 0.1) is 23.4 Å². The first kappa shape index (κ1) is 20.6. The molecule has 3 aromatic rings. The molecule has 1 heterocycles. The van der Waals surface area contributed by atoms with Gasteiger partial charge in [-0.1, -0.05) is 0 Å². The summed E-state index contributed by atoms with van der Waals surface area (Å²) in [7, 11) is 1.55. The van der Waals surface area contributed by atoms with Gasteiger partial charge in [0.25, 0.3) is 5.91 Å². The average molecular weight is 522 g/mol. The van der Waals surface area contributed by atoms with Crippen molar-refractivity contribution in [2.45, 2.75) is 19.8 Å². The molecule has 9 heteroatoms. The Morgan fingerprint density at radius 2 is 2.10 bits per heavy atom. The highest BCUT2D eigenvalue weighted by Crippen LogP contribution is 2.34. The zero-order valence-corrected chi connectivity index (χ0v) is 18.6. The van der Waals surface area contributed by atoms with Crippen LogP contribution in [0.3, 0.4) is 0 Å². The number of esters is 1. The molecule has 1 aromatic heterocycles. The first-order valence-corrected chi connectivity index (χ1v) is 10.5. The summed E-state index contributed by atoms with van der Waals surface area (Å²) in [6.07, 6.45) is 2.05. The molecule has 4 rings (SSSR count). The monoisotopic (exact) mass is 522 g/mol. The number of fused-ring (bicyclic) bond motifs is 1. The van der Waals surface area contributed by atoms with Gasteiger partial charge < -0.3 is 20.4 Å². The molecule has 156 valence electrons. The summed E-state index contributed by atoms with van der Waals surface area (Å²) in [6.45, 7) is 2.19. The molecule has 1 saturated carbocycles. The number of imidazole rings is 1. The highest BCUT2D eigenvalue weighted by molar-refractivity contribution is 14.1. The second-order valence-electron chi connectivity index (χ2n) is 7.47. The second kappa shape index (κ2) is 7.86. The van der Waals surface area contributed by atoms with Crippen molar-refractivity contribution in [2.75, 3.05) is 11.9 Å². The molecule has 1 amide bonds. The van der Waals surface area contributed by atoms with E-state index in [4.69, 9.17) is 10.5 Å². The Kier molecular flexibility index (Phi) is 5.39. The average Bonchev–Trinajstić information content (AvgIpc) is 3.46. The normalized spacial score (nSPS) is 13.5. The lowest BCUT2D eigenvalue weighted by Gasteiger charge is -2.15. The maximum Gasteiger partial charge on any atom is 0.340 e. The van der Waals surface area contributed by atoms with Crippen LogP contribution in [0.5, 0.6) is 0 Å². The van der Waals surface area contributed by atoms with E-state index in [1.807, 2.05) is 25.1 Å². The number of anilines is 2. The summed E-state index contributed by atoms with van der Waals surface area (Å²) in [4.78, 5) is 28.5. The van der Waals surface area contributed by atoms with E-state index in [0.717, 1.165) is 22.0 Å². The molecule has 0 radical (unpaired) electrons. The number of amides is 1. The number of nitrogens with one attached hydrogen (secondary N) is 1. The number of hydrogen-bond donors (Lipinski definition) is 2. The lowest BCUT2D eigenvalue weighted by Crippen LogP contribution is -2.16. The van der Waals surface area contributed by atoms with Crippen molar-refractivity contribution in [1.29, 1.82) is 0 Å². The Morgan fingerprint density at radius 1 is 1.37 bits per heavy atom. The summed E-state index contributed by atoms with van der Waals surface area (Å²) in [5.41, 5.74) is 7.13. The van der Waals surface area contributed by atoms with E-state index in [1.165, 1.54) is 10.6 Å². The quantitative estimate of drug-likeness (QED) is 0.376. The fourth-order valence-electron chi connectivity index (χ4n) is 3.24. The number of ether oxygens (including phenoxy) is 1. The van der Waals surface area contributed by atoms with Crippen LogP contribution in [0.2, 0.25) is 0 Å². The van der Waals surface area contributed by atoms with Crippen LogP contribution >= 0.6 is 22.6 Å². The Bertz CT molecular complexity index is 1190. The number of hydrogen-bond acceptors (Lipinski definition) is 5. The lowest BCUT2D eigenvalue weighted by atomic mass is 10.1. The van der Waals surface area contributed by atoms with Crippen LogP contribution in [0.4, 0.5) is 15.8 Å². The first-order chi connectivity index (χ1) is 14.3. The van der Waals surface area contributed by atoms with Gasteiger partial charge in [-0.05, 0) is 78.1 Å². The molecule has 1 aliphatic carbocycles. The minimum atomic E-state index is -0.783. The number of nitrogens with zero attached hydrogens (tertiary/aromatic N) is 2. The summed E-state index contributed by atoms with van der Waals surface area (Å²) in [5, 5.41) is 3.03. The number of primary amides is 1. The first-order valence-electron chi connectivity index (χ1n) is 9.45. The van der Waals surface area contributed by atoms with Crippen molar-refractivity contribution in [3.05, 3.63) is 50.6 Å². The van der Waals surface area contributed by atoms with Crippen molar-refractivity contribution < 1.29 is 18.7 Å². The maximum absolute atomic E-state index is 15.6. The number of nitrogens with two attached hydrogens (primary N) is 1. The maximum atomic E-state index is 15.6. The zero-order chi connectivity index (χ0) is 21.6. The van der Waals surface area contributed by atoms with Crippen LogP contribution in [0.15, 0.2) is 24.3 Å². The largest absolute Gasteiger partial charge is 0.462 e. The molecule has 0 aliphatic heterocycles. The van der Waals surface area contributed by atoms with E-state index in [-0.39, 0.29) is 28.1 Å². The fraction of sp³-hybridized carbons (Fsp3) is 0.286. The van der Waals surface area contributed by atoms with Gasteiger partial charge in [0, 0.05) is 16.3 Å². The molecule has 0 bridgehead atoms. The van der Waals surface area contributed by atoms with Crippen LogP contribution < -0.4 is 11.1 Å². The highest BCUT2D eigenvalue weighted by Gasteiger charge is 2.27. The molecule has 3 N–H and O–H groups in total. The fourth-order valence-corrected chi connectivity index (χ4v) is 3.89. The van der Waals surface area contributed by atoms with Gasteiger partial charge in [0.2, 0.25) is 0 Å². The summed E-state index contributed by atoms with van der Waals surface area (Å²) in [5.74, 6) is -1.88. The van der Waals surface area contributed by atoms with Crippen LogP contribution in [0, 0.1) is 22.2 Å². The standard InChI is InChI=1S/C21H20FIN4O3/c1-10-7-12(23)5-6-14(10)25-17-13(21(29)30-9-11-3-4-11)8-15-18(16(17)22)26-20(19(24)28)27(15)2/h5-8,11,25H,3-4,9H2,1-2H3,(H2,24,28). The predicted molar refractivity (Wildman–Crippen MR) is 119 cm³/mol. The molecule has 30 heavy (non-hydrogen) atoms. The van der Waals surface area contributed by atoms with Gasteiger partial charge in [-0.3, -0.25) is 4.79 Å². The van der Waals surface area contributed by atoms with Crippen molar-refractivity contribution in [3.8, 4) is 0 Å². The Morgan fingerprint density at radius 3 is 2.73 bits per heavy atom. The minimum Gasteiger partial charge on any atom is -0.462 e. The summed E-state index contributed by atoms with van der Waals surface area (Å²) in [6, 6.07) is 7.12. The van der Waals surface area contributed by atoms with Gasteiger partial charge >= 0.3 is 5.97 Å². The lowest BCUT2D eigenvalue weighted by molar-refractivity contribution is 0.0487. The van der Waals surface area contributed by atoms with Gasteiger partial charge in [0.15, 0.2) is 11.6 Å². The molecule has 7 nitrogen and oxygen atoms in total. The van der Waals surface area contributed by atoms with Gasteiger partial charge in [-0.25, -0.2) is 14.2 Å². The molecule has 1 aliphatic rings. The predicted octanol–water partition coefficient (Wildman–Crippen LogP) is 4.03. The number of carbonyl (C=O) groups excluding carboxylic acids is 2. The van der Waals surface area contributed by atoms with E-state index in [9.17, 15) is 9.59 Å². The SMILES string of the molecule is Cc1cc(I)ccc1Nc1c(C(=O)OCC2CC2)cc2c(nc(C(N)=O)n2C)c1F. The number of benzene rings is 2. The number of carbonyl (C=O) groups is 2. The van der Waals surface area contributed by atoms with Gasteiger partial charge in [-0.2, -0.15) is 0 Å². The van der Waals surface area contributed by atoms with Crippen molar-refractivity contribution in [2.24, 2.45) is 18.7 Å². The molecule has 1 fully saturated rings. The number of rotatable bonds is 6. The van der Waals surface area contributed by atoms with Crippen LogP contribution in [-0.2, 0) is 11.8 Å². The summed E-state index contributed by atoms with van der Waals surface area (Å²) >= 11 is 2.19. The zero-order valence-electron chi connectivity index (χ0n) is 16.5. The van der Waals surface area contributed by atoms with Gasteiger partial charge in [-0.15, -0.1) is 0 Å². The summed E-state index contributed by atoms with van der Waals surface area (Å²) < 4.78 is 23.4. The van der Waals surface area contributed by atoms with Crippen LogP contribution in [0.25, 0.3) is 11.0 Å².